The number of hydrogen-bond donors (Lipinski definition) is 1. The van der Waals surface area contributed by atoms with Gasteiger partial charge in [-0.05, 0) is 30.7 Å². The highest BCUT2D eigenvalue weighted by atomic mass is 32.1. The van der Waals surface area contributed by atoms with E-state index >= 15 is 0 Å². The molecule has 0 bridgehead atoms. The number of halogens is 2. The van der Waals surface area contributed by atoms with Gasteiger partial charge in [-0.25, -0.2) is 13.8 Å². The molecule has 0 atom stereocenters. The third kappa shape index (κ3) is 2.53. The number of nitrogens with two attached hydrogens (primary N) is 1. The van der Waals surface area contributed by atoms with E-state index in [0.717, 1.165) is 29.5 Å². The molecule has 0 unspecified atom stereocenters. The molecule has 1 heterocycles. The summed E-state index contributed by atoms with van der Waals surface area (Å²) in [5.41, 5.74) is 5.89. The van der Waals surface area contributed by atoms with E-state index < -0.39 is 17.5 Å². The molecule has 94 valence electrons. The smallest absolute Gasteiger partial charge is 0.260 e. The topological polar surface area (TPSA) is 56.0 Å². The zero-order chi connectivity index (χ0) is 13.3. The van der Waals surface area contributed by atoms with E-state index in [4.69, 9.17) is 5.73 Å². The monoisotopic (exact) mass is 268 g/mol. The number of nitrogens with zero attached hydrogens (tertiary/aromatic N) is 1. The molecule has 2 rings (SSSR count). The van der Waals surface area contributed by atoms with Gasteiger partial charge >= 0.3 is 0 Å². The molecular weight excluding hydrogens is 258 g/mol. The largest absolute Gasteiger partial charge is 0.365 e. The van der Waals surface area contributed by atoms with Gasteiger partial charge in [0.25, 0.3) is 5.91 Å². The predicted molar refractivity (Wildman–Crippen MR) is 64.5 cm³/mol. The van der Waals surface area contributed by atoms with Crippen molar-refractivity contribution in [3.05, 3.63) is 51.0 Å². The van der Waals surface area contributed by atoms with Crippen LogP contribution < -0.4 is 5.73 Å². The van der Waals surface area contributed by atoms with Crippen LogP contribution in [0.5, 0.6) is 0 Å². The summed E-state index contributed by atoms with van der Waals surface area (Å²) >= 11 is 1.10. The standard InChI is InChI=1S/C12H10F2N2OS/c1-6-11(12(15)17)18-10(16-6)5-7-4-8(13)2-3-9(7)14/h2-4H,5H2,1H3,(H2,15,17). The number of primary amides is 1. The third-order valence-electron chi connectivity index (χ3n) is 2.41. The van der Waals surface area contributed by atoms with Crippen molar-refractivity contribution in [2.75, 3.05) is 0 Å². The maximum Gasteiger partial charge on any atom is 0.260 e. The Morgan fingerprint density at radius 1 is 1.44 bits per heavy atom. The van der Waals surface area contributed by atoms with Crippen LogP contribution in [0.3, 0.4) is 0 Å². The molecule has 2 aromatic rings. The molecule has 0 aliphatic carbocycles. The lowest BCUT2D eigenvalue weighted by Gasteiger charge is -2.00. The average Bonchev–Trinajstić information content (AvgIpc) is 2.65. The minimum atomic E-state index is -0.559. The highest BCUT2D eigenvalue weighted by Crippen LogP contribution is 2.21. The van der Waals surface area contributed by atoms with Crippen LogP contribution in [0.15, 0.2) is 18.2 Å². The summed E-state index contributed by atoms with van der Waals surface area (Å²) in [4.78, 5) is 15.5. The van der Waals surface area contributed by atoms with Crippen LogP contribution in [-0.4, -0.2) is 10.9 Å². The maximum atomic E-state index is 13.4. The van der Waals surface area contributed by atoms with E-state index in [1.54, 1.807) is 6.92 Å². The van der Waals surface area contributed by atoms with E-state index in [-0.39, 0.29) is 12.0 Å². The molecule has 0 saturated heterocycles. The first-order valence-corrected chi connectivity index (χ1v) is 5.99. The summed E-state index contributed by atoms with van der Waals surface area (Å²) < 4.78 is 26.4. The molecule has 18 heavy (non-hydrogen) atoms. The number of benzene rings is 1. The van der Waals surface area contributed by atoms with E-state index in [0.29, 0.717) is 15.6 Å². The fourth-order valence-corrected chi connectivity index (χ4v) is 2.54. The lowest BCUT2D eigenvalue weighted by molar-refractivity contribution is 0.100. The predicted octanol–water partition coefficient (Wildman–Crippen LogP) is 2.42. The number of hydrogen-bond acceptors (Lipinski definition) is 3. The first-order valence-electron chi connectivity index (χ1n) is 5.17. The summed E-state index contributed by atoms with van der Waals surface area (Å²) in [5, 5.41) is 0.533. The number of thiazole rings is 1. The molecule has 0 aliphatic rings. The van der Waals surface area contributed by atoms with Crippen LogP contribution in [0.4, 0.5) is 8.78 Å². The second-order valence-electron chi connectivity index (χ2n) is 3.80. The molecule has 0 saturated carbocycles. The molecule has 0 fully saturated rings. The molecular formula is C12H10F2N2OS. The molecule has 1 aromatic heterocycles. The van der Waals surface area contributed by atoms with E-state index in [2.05, 4.69) is 4.98 Å². The van der Waals surface area contributed by atoms with Crippen molar-refractivity contribution < 1.29 is 13.6 Å². The van der Waals surface area contributed by atoms with Gasteiger partial charge in [0, 0.05) is 6.42 Å². The van der Waals surface area contributed by atoms with Crippen LogP contribution in [0.1, 0.15) is 25.9 Å². The number of carbonyl (C=O) groups excluding carboxylic acids is 1. The van der Waals surface area contributed by atoms with Gasteiger partial charge in [0.1, 0.15) is 16.5 Å². The van der Waals surface area contributed by atoms with Crippen molar-refractivity contribution in [3.63, 3.8) is 0 Å². The van der Waals surface area contributed by atoms with Crippen molar-refractivity contribution in [1.29, 1.82) is 0 Å². The van der Waals surface area contributed by atoms with Gasteiger partial charge in [-0.1, -0.05) is 0 Å². The average molecular weight is 268 g/mol. The second kappa shape index (κ2) is 4.81. The van der Waals surface area contributed by atoms with Gasteiger partial charge in [-0.2, -0.15) is 0 Å². The minimum absolute atomic E-state index is 0.141. The number of carbonyl (C=O) groups is 1. The van der Waals surface area contributed by atoms with Crippen LogP contribution in [0, 0.1) is 18.6 Å². The van der Waals surface area contributed by atoms with Gasteiger partial charge in [0.15, 0.2) is 0 Å². The molecule has 3 nitrogen and oxygen atoms in total. The Labute approximate surface area is 106 Å². The Balaban J connectivity index is 2.31. The molecule has 0 radical (unpaired) electrons. The third-order valence-corrected chi connectivity index (χ3v) is 3.59. The molecule has 1 aromatic carbocycles. The molecule has 6 heteroatoms. The Morgan fingerprint density at radius 2 is 2.17 bits per heavy atom. The van der Waals surface area contributed by atoms with Crippen molar-refractivity contribution in [2.24, 2.45) is 5.73 Å². The SMILES string of the molecule is Cc1nc(Cc2cc(F)ccc2F)sc1C(N)=O. The quantitative estimate of drug-likeness (QED) is 0.929. The van der Waals surface area contributed by atoms with Crippen molar-refractivity contribution in [1.82, 2.24) is 4.98 Å². The van der Waals surface area contributed by atoms with E-state index in [9.17, 15) is 13.6 Å². The zero-order valence-corrected chi connectivity index (χ0v) is 10.4. The Bertz CT molecular complexity index is 610. The first-order chi connectivity index (χ1) is 8.47. The fourth-order valence-electron chi connectivity index (χ4n) is 1.60. The zero-order valence-electron chi connectivity index (χ0n) is 9.54. The van der Waals surface area contributed by atoms with Crippen LogP contribution in [0.25, 0.3) is 0 Å². The normalized spacial score (nSPS) is 10.6. The lowest BCUT2D eigenvalue weighted by atomic mass is 10.1. The number of rotatable bonds is 3. The van der Waals surface area contributed by atoms with Crippen LogP contribution in [-0.2, 0) is 6.42 Å². The van der Waals surface area contributed by atoms with Gasteiger partial charge < -0.3 is 5.73 Å². The Morgan fingerprint density at radius 3 is 2.78 bits per heavy atom. The van der Waals surface area contributed by atoms with Crippen LogP contribution >= 0.6 is 11.3 Å². The molecule has 1 amide bonds. The van der Waals surface area contributed by atoms with Crippen molar-refractivity contribution >= 4 is 17.2 Å². The second-order valence-corrected chi connectivity index (χ2v) is 4.88. The summed E-state index contributed by atoms with van der Waals surface area (Å²) in [5.74, 6) is -1.56. The summed E-state index contributed by atoms with van der Waals surface area (Å²) in [6.07, 6.45) is 0.141. The van der Waals surface area contributed by atoms with E-state index in [1.807, 2.05) is 0 Å². The summed E-state index contributed by atoms with van der Waals surface area (Å²) in [7, 11) is 0. The maximum absolute atomic E-state index is 13.4. The molecule has 2 N–H and O–H groups in total. The Kier molecular flexibility index (Phi) is 3.38. The lowest BCUT2D eigenvalue weighted by Crippen LogP contribution is -2.09. The number of amides is 1. The van der Waals surface area contributed by atoms with Gasteiger partial charge in [0.05, 0.1) is 10.7 Å². The Hall–Kier alpha value is -1.82. The highest BCUT2D eigenvalue weighted by Gasteiger charge is 2.14. The summed E-state index contributed by atoms with van der Waals surface area (Å²) in [6, 6.07) is 3.25. The van der Waals surface area contributed by atoms with Crippen molar-refractivity contribution in [3.8, 4) is 0 Å². The number of aryl methyl sites for hydroxylation is 1. The molecule has 0 spiro atoms. The number of aromatic nitrogens is 1. The first kappa shape index (κ1) is 12.6. The van der Waals surface area contributed by atoms with Gasteiger partial charge in [0.2, 0.25) is 0 Å². The van der Waals surface area contributed by atoms with Gasteiger partial charge in [-0.15, -0.1) is 11.3 Å². The minimum Gasteiger partial charge on any atom is -0.365 e. The van der Waals surface area contributed by atoms with E-state index in [1.165, 1.54) is 0 Å². The fraction of sp³-hybridized carbons (Fsp3) is 0.167. The van der Waals surface area contributed by atoms with Gasteiger partial charge in [-0.3, -0.25) is 4.79 Å². The summed E-state index contributed by atoms with van der Waals surface area (Å²) in [6.45, 7) is 1.65. The highest BCUT2D eigenvalue weighted by molar-refractivity contribution is 7.13. The molecule has 0 aliphatic heterocycles. The van der Waals surface area contributed by atoms with Crippen molar-refractivity contribution in [2.45, 2.75) is 13.3 Å². The van der Waals surface area contributed by atoms with Crippen LogP contribution in [0.2, 0.25) is 0 Å².